The van der Waals surface area contributed by atoms with Crippen molar-refractivity contribution in [2.75, 3.05) is 6.54 Å². The fourth-order valence-electron chi connectivity index (χ4n) is 1.28. The monoisotopic (exact) mass is 283 g/mol. The summed E-state index contributed by atoms with van der Waals surface area (Å²) in [6.07, 6.45) is 1.09. The molecule has 0 aliphatic carbocycles. The molecule has 0 aromatic carbocycles. The molecule has 0 aliphatic heterocycles. The van der Waals surface area contributed by atoms with Gasteiger partial charge in [-0.15, -0.1) is 12.4 Å². The van der Waals surface area contributed by atoms with Gasteiger partial charge in [0.25, 0.3) is 0 Å². The Morgan fingerprint density at radius 3 is 2.22 bits per heavy atom. The molecule has 0 saturated carbocycles. The van der Waals surface area contributed by atoms with Crippen molar-refractivity contribution >= 4 is 31.5 Å². The first-order valence-corrected chi connectivity index (χ1v) is 5.19. The molecule has 2 amide bonds. The zero-order valence-corrected chi connectivity index (χ0v) is 10.7. The van der Waals surface area contributed by atoms with Crippen LogP contribution < -0.4 is 16.8 Å². The maximum Gasteiger partial charge on any atom is 0.451 e. The van der Waals surface area contributed by atoms with E-state index in [1.54, 1.807) is 0 Å². The van der Waals surface area contributed by atoms with Crippen LogP contribution in [0.5, 0.6) is 0 Å². The van der Waals surface area contributed by atoms with Gasteiger partial charge in [-0.05, 0) is 12.7 Å². The van der Waals surface area contributed by atoms with Gasteiger partial charge in [0, 0.05) is 6.54 Å². The van der Waals surface area contributed by atoms with Crippen molar-refractivity contribution in [1.82, 2.24) is 5.32 Å². The Labute approximate surface area is 111 Å². The second-order valence-corrected chi connectivity index (χ2v) is 3.91. The van der Waals surface area contributed by atoms with Crippen LogP contribution in [0.1, 0.15) is 19.3 Å². The van der Waals surface area contributed by atoms with Crippen LogP contribution in [-0.2, 0) is 4.79 Å². The lowest BCUT2D eigenvalue weighted by atomic mass is 9.82. The van der Waals surface area contributed by atoms with Crippen molar-refractivity contribution in [3.8, 4) is 0 Å². The van der Waals surface area contributed by atoms with Gasteiger partial charge in [-0.1, -0.05) is 12.8 Å². The van der Waals surface area contributed by atoms with Crippen molar-refractivity contribution in [1.29, 1.82) is 0 Å². The van der Waals surface area contributed by atoms with E-state index in [4.69, 9.17) is 26.6 Å². The third-order valence-electron chi connectivity index (χ3n) is 2.34. The van der Waals surface area contributed by atoms with Crippen molar-refractivity contribution in [2.24, 2.45) is 11.5 Å². The van der Waals surface area contributed by atoms with Crippen LogP contribution in [0.25, 0.3) is 0 Å². The van der Waals surface area contributed by atoms with E-state index in [1.165, 1.54) is 0 Å². The summed E-state index contributed by atoms with van der Waals surface area (Å²) in [7, 11) is -1.41. The van der Waals surface area contributed by atoms with Crippen molar-refractivity contribution in [3.63, 3.8) is 0 Å². The van der Waals surface area contributed by atoms with Crippen LogP contribution in [0, 0.1) is 0 Å². The number of hydrogen-bond donors (Lipinski definition) is 6. The molecule has 0 spiro atoms. The molecule has 1 atom stereocenters. The highest BCUT2D eigenvalue weighted by Gasteiger charge is 2.33. The first kappa shape index (κ1) is 19.3. The normalized spacial score (nSPS) is 13.1. The number of hydrogen-bond acceptors (Lipinski definition) is 5. The lowest BCUT2D eigenvalue weighted by Crippen LogP contribution is -2.56. The molecule has 0 radical (unpaired) electrons. The summed E-state index contributed by atoms with van der Waals surface area (Å²) in [6, 6.07) is -0.841. The highest BCUT2D eigenvalue weighted by atomic mass is 35.5. The molecule has 0 bridgehead atoms. The van der Waals surface area contributed by atoms with E-state index in [2.05, 4.69) is 5.32 Å². The number of carbonyl (C=O) groups is 2. The first-order chi connectivity index (χ1) is 7.78. The number of nitrogens with one attached hydrogen (secondary N) is 1. The van der Waals surface area contributed by atoms with E-state index in [-0.39, 0.29) is 31.7 Å². The minimum Gasteiger partial charge on any atom is -0.480 e. The van der Waals surface area contributed by atoms with Crippen LogP contribution in [0.3, 0.4) is 0 Å². The Morgan fingerprint density at radius 2 is 1.83 bits per heavy atom. The van der Waals surface area contributed by atoms with Gasteiger partial charge in [0.2, 0.25) is 0 Å². The summed E-state index contributed by atoms with van der Waals surface area (Å²) in [6.45, 7) is -0.265. The van der Waals surface area contributed by atoms with Gasteiger partial charge in [-0.25, -0.2) is 4.79 Å². The Bertz CT molecular complexity index is 281. The number of aliphatic carboxylic acids is 1. The molecule has 10 heteroatoms. The fourth-order valence-corrected chi connectivity index (χ4v) is 1.28. The van der Waals surface area contributed by atoms with Crippen LogP contribution in [-0.4, -0.2) is 46.4 Å². The summed E-state index contributed by atoms with van der Waals surface area (Å²) >= 11 is 0. The Kier molecular flexibility index (Phi) is 9.64. The molecule has 8 nitrogen and oxygen atoms in total. The van der Waals surface area contributed by atoms with E-state index in [9.17, 15) is 9.59 Å². The van der Waals surface area contributed by atoms with Crippen LogP contribution in [0.15, 0.2) is 0 Å². The van der Waals surface area contributed by atoms with E-state index in [1.807, 2.05) is 0 Å². The fraction of sp³-hybridized carbons (Fsp3) is 0.750. The molecule has 0 aromatic heterocycles. The van der Waals surface area contributed by atoms with Gasteiger partial charge in [0.05, 0.1) is 0 Å². The van der Waals surface area contributed by atoms with E-state index < -0.39 is 24.7 Å². The van der Waals surface area contributed by atoms with Crippen LogP contribution in [0.4, 0.5) is 4.79 Å². The van der Waals surface area contributed by atoms with E-state index >= 15 is 0 Å². The van der Waals surface area contributed by atoms with E-state index in [0.29, 0.717) is 12.8 Å². The minimum atomic E-state index is -1.59. The number of carboxylic acid groups (broad SMARTS) is 1. The molecule has 0 aliphatic rings. The highest BCUT2D eigenvalue weighted by molar-refractivity contribution is 6.40. The number of urea groups is 1. The zero-order chi connectivity index (χ0) is 13.5. The van der Waals surface area contributed by atoms with Crippen LogP contribution >= 0.6 is 12.4 Å². The Hall–Kier alpha value is -1.03. The molecule has 1 unspecified atom stereocenters. The molecule has 8 N–H and O–H groups in total. The predicted octanol–water partition coefficient (Wildman–Crippen LogP) is -1.50. The quantitative estimate of drug-likeness (QED) is 0.235. The zero-order valence-electron chi connectivity index (χ0n) is 9.83. The molecule has 0 saturated heterocycles. The largest absolute Gasteiger partial charge is 0.480 e. The molecule has 0 aromatic rings. The number of nitrogens with two attached hydrogens (primary N) is 2. The second kappa shape index (κ2) is 8.98. The van der Waals surface area contributed by atoms with Gasteiger partial charge in [-0.2, -0.15) is 0 Å². The SMILES string of the molecule is Cl.NC(=O)NCC(N)(CCCCB(O)O)C(=O)O. The Morgan fingerprint density at radius 1 is 1.28 bits per heavy atom. The number of carbonyl (C=O) groups excluding carboxylic acids is 1. The predicted molar refractivity (Wildman–Crippen MR) is 68.2 cm³/mol. The molecule has 0 rings (SSSR count). The van der Waals surface area contributed by atoms with Crippen LogP contribution in [0.2, 0.25) is 6.32 Å². The average Bonchev–Trinajstić information content (AvgIpc) is 2.21. The number of unbranched alkanes of at least 4 members (excludes halogenated alkanes) is 1. The number of rotatable bonds is 8. The number of primary amides is 1. The summed E-state index contributed by atoms with van der Waals surface area (Å²) in [5.74, 6) is -1.24. The van der Waals surface area contributed by atoms with Gasteiger partial charge < -0.3 is 31.9 Å². The topological polar surface area (TPSA) is 159 Å². The summed E-state index contributed by atoms with van der Waals surface area (Å²) in [5, 5.41) is 28.3. The summed E-state index contributed by atoms with van der Waals surface area (Å²) < 4.78 is 0. The standard InChI is InChI=1S/C8H18BN3O5.ClH/c10-7(15)12-5-8(11,6(13)14)3-1-2-4-9(16)17;/h16-17H,1-5,11H2,(H,13,14)(H3,10,12,15);1H. The number of amides is 2. The van der Waals surface area contributed by atoms with Gasteiger partial charge >= 0.3 is 19.1 Å². The molecule has 106 valence electrons. The maximum atomic E-state index is 10.9. The average molecular weight is 284 g/mol. The lowest BCUT2D eigenvalue weighted by molar-refractivity contribution is -0.143. The second-order valence-electron chi connectivity index (χ2n) is 3.91. The maximum absolute atomic E-state index is 10.9. The third kappa shape index (κ3) is 8.12. The smallest absolute Gasteiger partial charge is 0.451 e. The number of carboxylic acids is 1. The van der Waals surface area contributed by atoms with Crippen molar-refractivity contribution in [2.45, 2.75) is 31.1 Å². The summed E-state index contributed by atoms with van der Waals surface area (Å²) in [5.41, 5.74) is 8.85. The molecular formula is C8H19BClN3O5. The minimum absolute atomic E-state index is 0. The van der Waals surface area contributed by atoms with Crippen molar-refractivity contribution < 1.29 is 24.7 Å². The molecular weight excluding hydrogens is 264 g/mol. The van der Waals surface area contributed by atoms with Gasteiger partial charge in [-0.3, -0.25) is 4.79 Å². The van der Waals surface area contributed by atoms with Crippen molar-refractivity contribution in [3.05, 3.63) is 0 Å². The van der Waals surface area contributed by atoms with Gasteiger partial charge in [0.1, 0.15) is 5.54 Å². The van der Waals surface area contributed by atoms with E-state index in [0.717, 1.165) is 0 Å². The third-order valence-corrected chi connectivity index (χ3v) is 2.34. The molecule has 0 fully saturated rings. The van der Waals surface area contributed by atoms with Gasteiger partial charge in [0.15, 0.2) is 0 Å². The highest BCUT2D eigenvalue weighted by Crippen LogP contribution is 2.13. The summed E-state index contributed by atoms with van der Waals surface area (Å²) in [4.78, 5) is 21.4. The first-order valence-electron chi connectivity index (χ1n) is 5.19. The molecule has 0 heterocycles. The number of halogens is 1. The Balaban J connectivity index is 0. The molecule has 18 heavy (non-hydrogen) atoms. The lowest BCUT2D eigenvalue weighted by Gasteiger charge is -2.24.